The summed E-state index contributed by atoms with van der Waals surface area (Å²) >= 11 is 0. The van der Waals surface area contributed by atoms with Crippen molar-refractivity contribution in [1.82, 2.24) is 0 Å². The second-order valence-corrected chi connectivity index (χ2v) is 4.28. The normalized spacial score (nSPS) is 15.5. The molecule has 0 amide bonds. The van der Waals surface area contributed by atoms with Crippen molar-refractivity contribution < 1.29 is 0 Å². The molecule has 0 aliphatic carbocycles. The molecule has 0 spiro atoms. The van der Waals surface area contributed by atoms with Gasteiger partial charge in [0.15, 0.2) is 0 Å². The molecule has 0 bridgehead atoms. The molecule has 96 valence electrons. The van der Waals surface area contributed by atoms with Gasteiger partial charge >= 0.3 is 0 Å². The number of rotatable bonds is 6. The average Bonchev–Trinajstić information content (AvgIpc) is 2.43. The standard InChI is InChI=1S/C12H15N3O3/c1-7(13-16)10-4-11(8(2)14-17)6-12(5-10)9(3)15-18/h4-9H,1-3H3. The molecule has 0 radical (unpaired) electrons. The van der Waals surface area contributed by atoms with Crippen molar-refractivity contribution in [2.45, 2.75) is 38.9 Å². The van der Waals surface area contributed by atoms with Gasteiger partial charge in [-0.15, -0.1) is 0 Å². The van der Waals surface area contributed by atoms with Crippen LogP contribution in [0.4, 0.5) is 0 Å². The summed E-state index contributed by atoms with van der Waals surface area (Å²) in [5.41, 5.74) is 1.97. The van der Waals surface area contributed by atoms with E-state index < -0.39 is 18.1 Å². The first-order valence-electron chi connectivity index (χ1n) is 5.65. The predicted molar refractivity (Wildman–Crippen MR) is 69.1 cm³/mol. The van der Waals surface area contributed by atoms with Gasteiger partial charge in [-0.2, -0.15) is 14.7 Å². The lowest BCUT2D eigenvalue weighted by atomic mass is 9.96. The van der Waals surface area contributed by atoms with Crippen molar-refractivity contribution in [1.29, 1.82) is 0 Å². The molecular formula is C12H15N3O3. The Kier molecular flexibility index (Phi) is 4.76. The van der Waals surface area contributed by atoms with E-state index in [1.807, 2.05) is 0 Å². The number of nitrogens with zero attached hydrogens (tertiary/aromatic N) is 3. The number of hydrogen-bond acceptors (Lipinski definition) is 6. The van der Waals surface area contributed by atoms with Crippen molar-refractivity contribution in [3.8, 4) is 0 Å². The van der Waals surface area contributed by atoms with Crippen molar-refractivity contribution in [2.24, 2.45) is 15.5 Å². The minimum absolute atomic E-state index is 0.540. The Labute approximate surface area is 105 Å². The van der Waals surface area contributed by atoms with E-state index in [-0.39, 0.29) is 0 Å². The smallest absolute Gasteiger partial charge is 0.114 e. The minimum atomic E-state index is -0.540. The molecule has 18 heavy (non-hydrogen) atoms. The van der Waals surface area contributed by atoms with Crippen LogP contribution in [-0.4, -0.2) is 0 Å². The van der Waals surface area contributed by atoms with E-state index in [0.29, 0.717) is 16.7 Å². The molecule has 1 rings (SSSR count). The maximum absolute atomic E-state index is 10.6. The van der Waals surface area contributed by atoms with Gasteiger partial charge in [0.1, 0.15) is 18.1 Å². The highest BCUT2D eigenvalue weighted by molar-refractivity contribution is 5.35. The molecule has 0 heterocycles. The van der Waals surface area contributed by atoms with Crippen LogP contribution in [0.15, 0.2) is 33.7 Å². The summed E-state index contributed by atoms with van der Waals surface area (Å²) in [6.45, 7) is 4.94. The monoisotopic (exact) mass is 249 g/mol. The third kappa shape index (κ3) is 3.03. The van der Waals surface area contributed by atoms with Crippen LogP contribution in [0, 0.1) is 14.7 Å². The van der Waals surface area contributed by atoms with Crippen LogP contribution in [0.5, 0.6) is 0 Å². The third-order valence-corrected chi connectivity index (χ3v) is 2.92. The molecule has 0 aliphatic heterocycles. The minimum Gasteiger partial charge on any atom is -0.150 e. The van der Waals surface area contributed by atoms with Gasteiger partial charge in [-0.3, -0.25) is 0 Å². The summed E-state index contributed by atoms with van der Waals surface area (Å²) in [5.74, 6) is 0. The predicted octanol–water partition coefficient (Wildman–Crippen LogP) is 4.17. The van der Waals surface area contributed by atoms with Crippen molar-refractivity contribution in [2.75, 3.05) is 0 Å². The van der Waals surface area contributed by atoms with Crippen molar-refractivity contribution in [3.63, 3.8) is 0 Å². The van der Waals surface area contributed by atoms with Gasteiger partial charge in [0.25, 0.3) is 0 Å². The van der Waals surface area contributed by atoms with Crippen molar-refractivity contribution >= 4 is 0 Å². The van der Waals surface area contributed by atoms with Crippen LogP contribution in [0.3, 0.4) is 0 Å². The fraction of sp³-hybridized carbons (Fsp3) is 0.500. The second-order valence-electron chi connectivity index (χ2n) is 4.28. The molecule has 0 aromatic heterocycles. The van der Waals surface area contributed by atoms with Gasteiger partial charge in [-0.1, -0.05) is 33.7 Å². The first-order valence-corrected chi connectivity index (χ1v) is 5.65. The van der Waals surface area contributed by atoms with E-state index >= 15 is 0 Å². The number of benzene rings is 1. The van der Waals surface area contributed by atoms with E-state index in [9.17, 15) is 14.7 Å². The highest BCUT2D eigenvalue weighted by Crippen LogP contribution is 2.28. The summed E-state index contributed by atoms with van der Waals surface area (Å²) in [7, 11) is 0. The molecule has 0 saturated heterocycles. The van der Waals surface area contributed by atoms with Crippen LogP contribution in [0.1, 0.15) is 55.6 Å². The fourth-order valence-electron chi connectivity index (χ4n) is 1.61. The van der Waals surface area contributed by atoms with Crippen LogP contribution in [0.2, 0.25) is 0 Å². The average molecular weight is 249 g/mol. The van der Waals surface area contributed by atoms with Crippen LogP contribution >= 0.6 is 0 Å². The summed E-state index contributed by atoms with van der Waals surface area (Å²) in [4.78, 5) is 31.8. The van der Waals surface area contributed by atoms with Gasteiger partial charge in [-0.25, -0.2) is 0 Å². The molecule has 1 aromatic rings. The quantitative estimate of drug-likeness (QED) is 0.708. The van der Waals surface area contributed by atoms with E-state index in [1.165, 1.54) is 0 Å². The zero-order valence-electron chi connectivity index (χ0n) is 10.5. The Morgan fingerprint density at radius 1 is 0.667 bits per heavy atom. The summed E-state index contributed by atoms with van der Waals surface area (Å²) in [5, 5.41) is 8.83. The summed E-state index contributed by atoms with van der Waals surface area (Å²) in [6.07, 6.45) is 0. The topological polar surface area (TPSA) is 88.3 Å². The Morgan fingerprint density at radius 3 is 1.06 bits per heavy atom. The highest BCUT2D eigenvalue weighted by atomic mass is 16.3. The lowest BCUT2D eigenvalue weighted by Crippen LogP contribution is -1.99. The van der Waals surface area contributed by atoms with Gasteiger partial charge < -0.3 is 0 Å². The fourth-order valence-corrected chi connectivity index (χ4v) is 1.61. The lowest BCUT2D eigenvalue weighted by Gasteiger charge is -2.13. The molecule has 0 fully saturated rings. The van der Waals surface area contributed by atoms with E-state index in [4.69, 9.17) is 0 Å². The first kappa shape index (κ1) is 14.1. The SMILES string of the molecule is CC(N=O)c1cc(C(C)N=O)cc(C(C)N=O)c1. The van der Waals surface area contributed by atoms with Crippen LogP contribution < -0.4 is 0 Å². The van der Waals surface area contributed by atoms with E-state index in [0.717, 1.165) is 0 Å². The van der Waals surface area contributed by atoms with Gasteiger partial charge in [-0.05, 0) is 37.5 Å². The van der Waals surface area contributed by atoms with Crippen LogP contribution in [-0.2, 0) is 0 Å². The highest BCUT2D eigenvalue weighted by Gasteiger charge is 2.15. The number of nitroso groups, excluding NO2 is 3. The van der Waals surface area contributed by atoms with Gasteiger partial charge in [0.2, 0.25) is 0 Å². The Morgan fingerprint density at radius 2 is 0.889 bits per heavy atom. The number of hydrogen-bond donors (Lipinski definition) is 0. The maximum Gasteiger partial charge on any atom is 0.114 e. The Bertz CT molecular complexity index is 383. The molecule has 3 unspecified atom stereocenters. The Hall–Kier alpha value is -1.98. The summed E-state index contributed by atoms with van der Waals surface area (Å²) < 4.78 is 0. The second kappa shape index (κ2) is 6.09. The molecule has 3 atom stereocenters. The summed E-state index contributed by atoms with van der Waals surface area (Å²) in [6, 6.07) is 3.50. The van der Waals surface area contributed by atoms with Gasteiger partial charge in [0.05, 0.1) is 0 Å². The van der Waals surface area contributed by atoms with Crippen LogP contribution in [0.25, 0.3) is 0 Å². The van der Waals surface area contributed by atoms with E-state index in [1.54, 1.807) is 39.0 Å². The third-order valence-electron chi connectivity index (χ3n) is 2.92. The van der Waals surface area contributed by atoms with E-state index in [2.05, 4.69) is 15.5 Å². The molecule has 6 nitrogen and oxygen atoms in total. The van der Waals surface area contributed by atoms with Crippen molar-refractivity contribution in [3.05, 3.63) is 49.6 Å². The zero-order chi connectivity index (χ0) is 13.7. The molecular weight excluding hydrogens is 234 g/mol. The Balaban J connectivity index is 3.31. The largest absolute Gasteiger partial charge is 0.150 e. The molecule has 0 aliphatic rings. The molecule has 6 heteroatoms. The molecule has 0 saturated carbocycles. The zero-order valence-corrected chi connectivity index (χ0v) is 10.5. The molecule has 1 aromatic carbocycles. The van der Waals surface area contributed by atoms with Gasteiger partial charge in [0, 0.05) is 0 Å². The first-order chi connectivity index (χ1) is 8.53. The lowest BCUT2D eigenvalue weighted by molar-refractivity contribution is 0.756. The maximum atomic E-state index is 10.6. The molecule has 0 N–H and O–H groups in total.